The molecule has 0 amide bonds. The predicted molar refractivity (Wildman–Crippen MR) is 60.6 cm³/mol. The largest absolute Gasteiger partial charge is 0.402 e. The molecule has 0 aromatic carbocycles. The summed E-state index contributed by atoms with van der Waals surface area (Å²) in [5.74, 6) is 0. The Balaban J connectivity index is 2.84. The first-order valence-corrected chi connectivity index (χ1v) is 6.42. The highest BCUT2D eigenvalue weighted by molar-refractivity contribution is 7.90. The molecule has 0 atom stereocenters. The van der Waals surface area contributed by atoms with Crippen LogP contribution in [0.2, 0.25) is 5.15 Å². The number of nitrogens with one attached hydrogen (secondary N) is 2. The number of anilines is 1. The first-order valence-electron chi connectivity index (χ1n) is 4.56. The van der Waals surface area contributed by atoms with Gasteiger partial charge in [-0.1, -0.05) is 11.6 Å². The lowest BCUT2D eigenvalue weighted by atomic mass is 10.3. The summed E-state index contributed by atoms with van der Waals surface area (Å²) in [6, 6.07) is 1.47. The summed E-state index contributed by atoms with van der Waals surface area (Å²) in [7, 11) is -4.36. The van der Waals surface area contributed by atoms with Crippen molar-refractivity contribution in [3.8, 4) is 0 Å². The molecule has 18 heavy (non-hydrogen) atoms. The van der Waals surface area contributed by atoms with E-state index in [9.17, 15) is 21.6 Å². The Labute approximate surface area is 107 Å². The standard InChI is InChI=1S/C8H9ClF3N3O2S/c1-5-2-3-13-7(9)6(5)15-18(16,17)14-4-8(10,11)12/h2-3,14-15H,4H2,1H3. The summed E-state index contributed by atoms with van der Waals surface area (Å²) in [4.78, 5) is 3.62. The van der Waals surface area contributed by atoms with Gasteiger partial charge in [0.1, 0.15) is 6.54 Å². The smallest absolute Gasteiger partial charge is 0.268 e. The van der Waals surface area contributed by atoms with Crippen LogP contribution in [0.4, 0.5) is 18.9 Å². The fourth-order valence-electron chi connectivity index (χ4n) is 0.995. The Morgan fingerprint density at radius 2 is 2.06 bits per heavy atom. The van der Waals surface area contributed by atoms with Crippen LogP contribution in [-0.2, 0) is 10.2 Å². The molecular weight excluding hydrogens is 295 g/mol. The number of hydrogen-bond acceptors (Lipinski definition) is 3. The molecule has 2 N–H and O–H groups in total. The maximum atomic E-state index is 11.9. The van der Waals surface area contributed by atoms with Gasteiger partial charge in [0.05, 0.1) is 5.69 Å². The quantitative estimate of drug-likeness (QED) is 0.834. The SMILES string of the molecule is Cc1ccnc(Cl)c1NS(=O)(=O)NCC(F)(F)F. The maximum absolute atomic E-state index is 11.9. The first kappa shape index (κ1) is 15.0. The number of aryl methyl sites for hydroxylation is 1. The molecule has 5 nitrogen and oxygen atoms in total. The van der Waals surface area contributed by atoms with E-state index in [1.165, 1.54) is 23.9 Å². The van der Waals surface area contributed by atoms with Crippen LogP contribution in [0, 0.1) is 6.92 Å². The van der Waals surface area contributed by atoms with E-state index in [4.69, 9.17) is 11.6 Å². The lowest BCUT2D eigenvalue weighted by Crippen LogP contribution is -2.37. The van der Waals surface area contributed by atoms with Gasteiger partial charge in [-0.2, -0.15) is 26.3 Å². The third kappa shape index (κ3) is 4.67. The van der Waals surface area contributed by atoms with Gasteiger partial charge in [-0.15, -0.1) is 0 Å². The molecule has 1 aromatic heterocycles. The number of rotatable bonds is 4. The normalized spacial score (nSPS) is 12.5. The lowest BCUT2D eigenvalue weighted by molar-refractivity contribution is -0.121. The van der Waals surface area contributed by atoms with Gasteiger partial charge < -0.3 is 0 Å². The van der Waals surface area contributed by atoms with Crippen LogP contribution in [0.3, 0.4) is 0 Å². The van der Waals surface area contributed by atoms with Crippen LogP contribution < -0.4 is 9.44 Å². The number of alkyl halides is 3. The number of hydrogen-bond donors (Lipinski definition) is 2. The highest BCUT2D eigenvalue weighted by Gasteiger charge is 2.29. The molecule has 0 radical (unpaired) electrons. The summed E-state index contributed by atoms with van der Waals surface area (Å²) < 4.78 is 61.6. The van der Waals surface area contributed by atoms with Crippen molar-refractivity contribution in [2.75, 3.05) is 11.3 Å². The number of nitrogens with zero attached hydrogens (tertiary/aromatic N) is 1. The monoisotopic (exact) mass is 303 g/mol. The van der Waals surface area contributed by atoms with Gasteiger partial charge in [0, 0.05) is 6.20 Å². The van der Waals surface area contributed by atoms with Gasteiger partial charge in [0.25, 0.3) is 10.2 Å². The van der Waals surface area contributed by atoms with E-state index in [1.807, 2.05) is 4.72 Å². The zero-order valence-electron chi connectivity index (χ0n) is 9.05. The van der Waals surface area contributed by atoms with E-state index >= 15 is 0 Å². The fraction of sp³-hybridized carbons (Fsp3) is 0.375. The highest BCUT2D eigenvalue weighted by atomic mass is 35.5. The Kier molecular flexibility index (Phi) is 4.41. The minimum atomic E-state index is -4.64. The summed E-state index contributed by atoms with van der Waals surface area (Å²) in [5.41, 5.74) is 0.376. The van der Waals surface area contributed by atoms with E-state index in [0.29, 0.717) is 5.56 Å². The Morgan fingerprint density at radius 3 is 2.56 bits per heavy atom. The molecule has 0 aliphatic carbocycles. The maximum Gasteiger partial charge on any atom is 0.402 e. The van der Waals surface area contributed by atoms with Gasteiger partial charge in [-0.25, -0.2) is 4.98 Å². The Morgan fingerprint density at radius 1 is 1.44 bits per heavy atom. The fourth-order valence-corrected chi connectivity index (χ4v) is 2.26. The van der Waals surface area contributed by atoms with Crippen LogP contribution in [-0.4, -0.2) is 26.1 Å². The van der Waals surface area contributed by atoms with Crippen molar-refractivity contribution in [2.24, 2.45) is 0 Å². The molecular formula is C8H9ClF3N3O2S. The second-order valence-electron chi connectivity index (χ2n) is 3.34. The topological polar surface area (TPSA) is 71.1 Å². The second kappa shape index (κ2) is 5.29. The average Bonchev–Trinajstić information content (AvgIpc) is 2.20. The van der Waals surface area contributed by atoms with Crippen molar-refractivity contribution in [3.05, 3.63) is 23.0 Å². The molecule has 10 heteroatoms. The van der Waals surface area contributed by atoms with Gasteiger partial charge in [0.2, 0.25) is 0 Å². The van der Waals surface area contributed by atoms with Crippen LogP contribution in [0.15, 0.2) is 12.3 Å². The molecule has 0 saturated heterocycles. The zero-order chi connectivity index (χ0) is 14.0. The van der Waals surface area contributed by atoms with E-state index in [1.54, 1.807) is 0 Å². The van der Waals surface area contributed by atoms with E-state index in [-0.39, 0.29) is 10.8 Å². The van der Waals surface area contributed by atoms with Crippen LogP contribution in [0.5, 0.6) is 0 Å². The molecule has 1 aromatic rings. The van der Waals surface area contributed by atoms with Crippen LogP contribution in [0.25, 0.3) is 0 Å². The summed E-state index contributed by atoms with van der Waals surface area (Å²) in [6.45, 7) is -0.131. The third-order valence-electron chi connectivity index (χ3n) is 1.81. The van der Waals surface area contributed by atoms with E-state index < -0.39 is 22.9 Å². The molecule has 0 aliphatic heterocycles. The Bertz CT molecular complexity index is 513. The van der Waals surface area contributed by atoms with E-state index in [2.05, 4.69) is 4.98 Å². The Hall–Kier alpha value is -1.06. The van der Waals surface area contributed by atoms with E-state index in [0.717, 1.165) is 0 Å². The van der Waals surface area contributed by atoms with Crippen molar-refractivity contribution in [1.82, 2.24) is 9.71 Å². The van der Waals surface area contributed by atoms with Crippen molar-refractivity contribution < 1.29 is 21.6 Å². The first-order chi connectivity index (χ1) is 8.11. The third-order valence-corrected chi connectivity index (χ3v) is 3.10. The molecule has 1 rings (SSSR count). The number of pyridine rings is 1. The van der Waals surface area contributed by atoms with Gasteiger partial charge in [-0.3, -0.25) is 4.72 Å². The van der Waals surface area contributed by atoms with Crippen molar-refractivity contribution in [1.29, 1.82) is 0 Å². The van der Waals surface area contributed by atoms with Crippen molar-refractivity contribution in [2.45, 2.75) is 13.1 Å². The highest BCUT2D eigenvalue weighted by Crippen LogP contribution is 2.23. The number of aromatic nitrogens is 1. The molecule has 102 valence electrons. The summed E-state index contributed by atoms with van der Waals surface area (Å²) in [6.07, 6.45) is -3.29. The van der Waals surface area contributed by atoms with Gasteiger partial charge in [0.15, 0.2) is 5.15 Å². The van der Waals surface area contributed by atoms with Gasteiger partial charge in [-0.05, 0) is 18.6 Å². The lowest BCUT2D eigenvalue weighted by Gasteiger charge is -2.13. The summed E-state index contributed by atoms with van der Waals surface area (Å²) in [5, 5.41) is -0.146. The van der Waals surface area contributed by atoms with Crippen molar-refractivity contribution in [3.63, 3.8) is 0 Å². The molecule has 0 unspecified atom stereocenters. The molecule has 0 saturated carbocycles. The minimum absolute atomic E-state index is 0.0613. The second-order valence-corrected chi connectivity index (χ2v) is 5.19. The van der Waals surface area contributed by atoms with Gasteiger partial charge >= 0.3 is 6.18 Å². The molecule has 1 heterocycles. The predicted octanol–water partition coefficient (Wildman–Crippen LogP) is 1.85. The summed E-state index contributed by atoms with van der Waals surface area (Å²) >= 11 is 5.64. The van der Waals surface area contributed by atoms with Crippen LogP contribution in [0.1, 0.15) is 5.56 Å². The zero-order valence-corrected chi connectivity index (χ0v) is 10.6. The molecule has 0 bridgehead atoms. The molecule has 0 aliphatic rings. The number of halogens is 4. The minimum Gasteiger partial charge on any atom is -0.268 e. The van der Waals surface area contributed by atoms with Crippen LogP contribution >= 0.6 is 11.6 Å². The average molecular weight is 304 g/mol. The molecule has 0 spiro atoms. The molecule has 0 fully saturated rings. The van der Waals surface area contributed by atoms with Crippen molar-refractivity contribution >= 4 is 27.5 Å².